The minimum Gasteiger partial charge on any atom is -0.383 e. The zero-order valence-corrected chi connectivity index (χ0v) is 13.1. The van der Waals surface area contributed by atoms with Gasteiger partial charge in [-0.2, -0.15) is 0 Å². The van der Waals surface area contributed by atoms with Gasteiger partial charge in [-0.1, -0.05) is 0 Å². The van der Waals surface area contributed by atoms with E-state index in [2.05, 4.69) is 10.3 Å². The largest absolute Gasteiger partial charge is 0.383 e. The number of hydrogen-bond donors (Lipinski definition) is 1. The van der Waals surface area contributed by atoms with E-state index in [1.165, 1.54) is 0 Å². The van der Waals surface area contributed by atoms with Crippen LogP contribution in [-0.2, 0) is 26.4 Å². The van der Waals surface area contributed by atoms with Gasteiger partial charge < -0.3 is 19.5 Å². The second kappa shape index (κ2) is 7.79. The quantitative estimate of drug-likeness (QED) is 0.762. The average Bonchev–Trinajstić information content (AvgIpc) is 2.52. The zero-order valence-electron chi connectivity index (χ0n) is 13.1. The number of rotatable bonds is 7. The van der Waals surface area contributed by atoms with E-state index in [-0.39, 0.29) is 0 Å². The predicted octanol–water partition coefficient (Wildman–Crippen LogP) is 1.17. The molecule has 1 aliphatic rings. The summed E-state index contributed by atoms with van der Waals surface area (Å²) in [7, 11) is 3.43. The van der Waals surface area contributed by atoms with Crippen LogP contribution in [0.1, 0.15) is 30.1 Å². The topological polar surface area (TPSA) is 65.5 Å². The van der Waals surface area contributed by atoms with Gasteiger partial charge in [-0.3, -0.25) is 0 Å². The first-order chi connectivity index (χ1) is 10.2. The summed E-state index contributed by atoms with van der Waals surface area (Å²) in [6.45, 7) is 5.57. The third kappa shape index (κ3) is 4.20. The Hall–Kier alpha value is -1.08. The monoisotopic (exact) mass is 295 g/mol. The summed E-state index contributed by atoms with van der Waals surface area (Å²) in [5, 5.41) is 3.31. The third-order valence-corrected chi connectivity index (χ3v) is 3.80. The van der Waals surface area contributed by atoms with Gasteiger partial charge in [-0.05, 0) is 13.0 Å². The Kier molecular flexibility index (Phi) is 6.05. The summed E-state index contributed by atoms with van der Waals surface area (Å²) in [4.78, 5) is 9.30. The van der Waals surface area contributed by atoms with Crippen LogP contribution >= 0.6 is 0 Å². The first-order valence-electron chi connectivity index (χ1n) is 7.38. The van der Waals surface area contributed by atoms with Crippen molar-refractivity contribution in [3.05, 3.63) is 23.3 Å². The van der Waals surface area contributed by atoms with Crippen LogP contribution in [0.25, 0.3) is 0 Å². The molecule has 0 radical (unpaired) electrons. The molecule has 0 saturated carbocycles. The van der Waals surface area contributed by atoms with E-state index < -0.39 is 5.60 Å². The molecule has 0 spiro atoms. The molecule has 0 aliphatic carbocycles. The minimum absolute atomic E-state index is 0.411. The fourth-order valence-corrected chi connectivity index (χ4v) is 2.54. The van der Waals surface area contributed by atoms with Crippen molar-refractivity contribution >= 4 is 0 Å². The summed E-state index contributed by atoms with van der Waals surface area (Å²) in [5.74, 6) is 0.775. The van der Waals surface area contributed by atoms with Crippen LogP contribution in [0.2, 0.25) is 0 Å². The Morgan fingerprint density at radius 2 is 2.05 bits per heavy atom. The standard InChI is InChI=1S/C15H25N3O3/c1-12-10-13(11-16-6-9-19-2)18-14(17-12)15(20-3)4-7-21-8-5-15/h10,16H,4-9,11H2,1-3H3. The van der Waals surface area contributed by atoms with E-state index in [0.717, 1.165) is 36.6 Å². The molecule has 0 aromatic carbocycles. The van der Waals surface area contributed by atoms with Crippen molar-refractivity contribution in [2.24, 2.45) is 0 Å². The number of aryl methyl sites for hydroxylation is 1. The second-order valence-corrected chi connectivity index (χ2v) is 5.30. The van der Waals surface area contributed by atoms with Gasteiger partial charge in [0.05, 0.1) is 12.3 Å². The molecule has 1 aliphatic heterocycles. The van der Waals surface area contributed by atoms with Gasteiger partial charge in [0.2, 0.25) is 0 Å². The van der Waals surface area contributed by atoms with Crippen LogP contribution in [0.15, 0.2) is 6.07 Å². The van der Waals surface area contributed by atoms with Crippen molar-refractivity contribution in [1.82, 2.24) is 15.3 Å². The summed E-state index contributed by atoms with van der Waals surface area (Å²) in [6, 6.07) is 2.01. The van der Waals surface area contributed by atoms with E-state index in [1.54, 1.807) is 14.2 Å². The lowest BCUT2D eigenvalue weighted by atomic mass is 9.93. The molecule has 1 N–H and O–H groups in total. The summed E-state index contributed by atoms with van der Waals surface area (Å²) < 4.78 is 16.2. The summed E-state index contributed by atoms with van der Waals surface area (Å²) in [5.41, 5.74) is 1.54. The molecule has 1 fully saturated rings. The lowest BCUT2D eigenvalue weighted by Gasteiger charge is -2.34. The van der Waals surface area contributed by atoms with Crippen molar-refractivity contribution in [1.29, 1.82) is 0 Å². The molecule has 2 heterocycles. The zero-order chi connectivity index (χ0) is 15.1. The SMILES string of the molecule is COCCNCc1cc(C)nc(C2(OC)CCOCC2)n1. The third-order valence-electron chi connectivity index (χ3n) is 3.80. The van der Waals surface area contributed by atoms with Crippen molar-refractivity contribution < 1.29 is 14.2 Å². The molecule has 0 amide bonds. The molecule has 118 valence electrons. The van der Waals surface area contributed by atoms with E-state index in [0.29, 0.717) is 26.4 Å². The molecule has 6 nitrogen and oxygen atoms in total. The maximum atomic E-state index is 5.77. The van der Waals surface area contributed by atoms with Gasteiger partial charge in [0.25, 0.3) is 0 Å². The van der Waals surface area contributed by atoms with Crippen LogP contribution in [0.4, 0.5) is 0 Å². The Balaban J connectivity index is 2.13. The normalized spacial score (nSPS) is 17.9. The molecular weight excluding hydrogens is 270 g/mol. The van der Waals surface area contributed by atoms with E-state index in [1.807, 2.05) is 13.0 Å². The Morgan fingerprint density at radius 3 is 2.71 bits per heavy atom. The van der Waals surface area contributed by atoms with Gasteiger partial charge in [0.1, 0.15) is 5.60 Å². The van der Waals surface area contributed by atoms with Crippen LogP contribution < -0.4 is 5.32 Å². The first-order valence-corrected chi connectivity index (χ1v) is 7.38. The molecule has 21 heavy (non-hydrogen) atoms. The number of nitrogens with one attached hydrogen (secondary N) is 1. The Morgan fingerprint density at radius 1 is 1.29 bits per heavy atom. The average molecular weight is 295 g/mol. The fraction of sp³-hybridized carbons (Fsp3) is 0.733. The minimum atomic E-state index is -0.411. The second-order valence-electron chi connectivity index (χ2n) is 5.30. The molecule has 1 saturated heterocycles. The molecule has 0 atom stereocenters. The Labute approximate surface area is 126 Å². The maximum absolute atomic E-state index is 5.77. The fourth-order valence-electron chi connectivity index (χ4n) is 2.54. The predicted molar refractivity (Wildman–Crippen MR) is 79.1 cm³/mol. The van der Waals surface area contributed by atoms with Crippen LogP contribution in [0.5, 0.6) is 0 Å². The number of hydrogen-bond acceptors (Lipinski definition) is 6. The number of nitrogens with zero attached hydrogens (tertiary/aromatic N) is 2. The van der Waals surface area contributed by atoms with Crippen molar-refractivity contribution in [2.75, 3.05) is 40.6 Å². The van der Waals surface area contributed by atoms with E-state index >= 15 is 0 Å². The molecule has 1 aromatic rings. The number of ether oxygens (including phenoxy) is 3. The molecule has 6 heteroatoms. The van der Waals surface area contributed by atoms with Crippen molar-refractivity contribution in [3.8, 4) is 0 Å². The summed E-state index contributed by atoms with van der Waals surface area (Å²) >= 11 is 0. The first kappa shape index (κ1) is 16.3. The highest BCUT2D eigenvalue weighted by atomic mass is 16.5. The molecule has 0 unspecified atom stereocenters. The van der Waals surface area contributed by atoms with Gasteiger partial charge in [-0.25, -0.2) is 9.97 Å². The van der Waals surface area contributed by atoms with E-state index in [4.69, 9.17) is 19.2 Å². The van der Waals surface area contributed by atoms with Crippen LogP contribution in [0, 0.1) is 6.92 Å². The lowest BCUT2D eigenvalue weighted by Crippen LogP contribution is -2.38. The van der Waals surface area contributed by atoms with Gasteiger partial charge in [0.15, 0.2) is 5.82 Å². The highest BCUT2D eigenvalue weighted by molar-refractivity contribution is 5.15. The highest BCUT2D eigenvalue weighted by Gasteiger charge is 2.37. The maximum Gasteiger partial charge on any atom is 0.160 e. The molecule has 1 aromatic heterocycles. The van der Waals surface area contributed by atoms with Crippen LogP contribution in [-0.4, -0.2) is 50.6 Å². The van der Waals surface area contributed by atoms with Crippen molar-refractivity contribution in [2.45, 2.75) is 31.9 Å². The van der Waals surface area contributed by atoms with Crippen LogP contribution in [0.3, 0.4) is 0 Å². The Bertz CT molecular complexity index is 448. The highest BCUT2D eigenvalue weighted by Crippen LogP contribution is 2.33. The molecule has 2 rings (SSSR count). The lowest BCUT2D eigenvalue weighted by molar-refractivity contribution is -0.100. The molecule has 0 bridgehead atoms. The van der Waals surface area contributed by atoms with Crippen molar-refractivity contribution in [3.63, 3.8) is 0 Å². The van der Waals surface area contributed by atoms with Gasteiger partial charge >= 0.3 is 0 Å². The molecular formula is C15H25N3O3. The van der Waals surface area contributed by atoms with Gasteiger partial charge in [-0.15, -0.1) is 0 Å². The number of aromatic nitrogens is 2. The number of methoxy groups -OCH3 is 2. The van der Waals surface area contributed by atoms with E-state index in [9.17, 15) is 0 Å². The summed E-state index contributed by atoms with van der Waals surface area (Å²) in [6.07, 6.45) is 1.59. The smallest absolute Gasteiger partial charge is 0.160 e. The van der Waals surface area contributed by atoms with Gasteiger partial charge in [0, 0.05) is 59.1 Å².